The molecule has 1 aliphatic rings. The molecule has 30 heavy (non-hydrogen) atoms. The molecule has 0 fully saturated rings. The topological polar surface area (TPSA) is 88.7 Å². The molecule has 0 unspecified atom stereocenters. The summed E-state index contributed by atoms with van der Waals surface area (Å²) in [6, 6.07) is 17.0. The standard InChI is InChI=1S/C22H18N4O3S/c1-15-10-11-21(29-15)19-14-20(17-8-5-9-18-22(17)24-13-12-23-18)26(25-19)30(27,28)16-6-3-2-4-7-16/h2-13,20H,14H2,1H3/t20-/m0/s1. The van der Waals surface area contributed by atoms with Crippen molar-refractivity contribution in [2.45, 2.75) is 24.3 Å². The molecule has 0 radical (unpaired) electrons. The summed E-state index contributed by atoms with van der Waals surface area (Å²) in [5.41, 5.74) is 2.69. The van der Waals surface area contributed by atoms with Crippen molar-refractivity contribution in [2.75, 3.05) is 0 Å². The number of aromatic nitrogens is 2. The molecule has 0 N–H and O–H groups in total. The van der Waals surface area contributed by atoms with Crippen molar-refractivity contribution in [3.05, 3.63) is 90.1 Å². The van der Waals surface area contributed by atoms with Crippen LogP contribution in [-0.2, 0) is 10.0 Å². The smallest absolute Gasteiger partial charge is 0.279 e. The molecule has 1 aliphatic heterocycles. The van der Waals surface area contributed by atoms with Crippen molar-refractivity contribution < 1.29 is 12.8 Å². The van der Waals surface area contributed by atoms with Gasteiger partial charge in [0.2, 0.25) is 0 Å². The number of sulfonamides is 1. The average molecular weight is 418 g/mol. The normalized spacial score (nSPS) is 16.8. The second-order valence-corrected chi connectivity index (χ2v) is 8.83. The summed E-state index contributed by atoms with van der Waals surface area (Å²) in [4.78, 5) is 8.99. The lowest BCUT2D eigenvalue weighted by atomic mass is 10.0. The van der Waals surface area contributed by atoms with Crippen LogP contribution in [0, 0.1) is 6.92 Å². The third-order valence-electron chi connectivity index (χ3n) is 5.07. The van der Waals surface area contributed by atoms with Crippen LogP contribution in [0.5, 0.6) is 0 Å². The number of benzene rings is 2. The monoisotopic (exact) mass is 418 g/mol. The highest BCUT2D eigenvalue weighted by Crippen LogP contribution is 2.39. The minimum absolute atomic E-state index is 0.182. The molecule has 150 valence electrons. The van der Waals surface area contributed by atoms with Crippen molar-refractivity contribution in [3.8, 4) is 0 Å². The van der Waals surface area contributed by atoms with Crippen LogP contribution in [0.4, 0.5) is 0 Å². The van der Waals surface area contributed by atoms with E-state index in [1.165, 1.54) is 4.41 Å². The quantitative estimate of drug-likeness (QED) is 0.498. The molecule has 5 rings (SSSR count). The summed E-state index contributed by atoms with van der Waals surface area (Å²) in [6.07, 6.45) is 3.59. The van der Waals surface area contributed by atoms with Gasteiger partial charge in [-0.3, -0.25) is 9.97 Å². The molecule has 8 heteroatoms. The fraction of sp³-hybridized carbons (Fsp3) is 0.136. The summed E-state index contributed by atoms with van der Waals surface area (Å²) >= 11 is 0. The fourth-order valence-electron chi connectivity index (χ4n) is 3.66. The Bertz CT molecular complexity index is 1360. The van der Waals surface area contributed by atoms with Crippen LogP contribution >= 0.6 is 0 Å². The van der Waals surface area contributed by atoms with Gasteiger partial charge in [-0.15, -0.1) is 0 Å². The van der Waals surface area contributed by atoms with Gasteiger partial charge in [0.05, 0.1) is 22.0 Å². The Morgan fingerprint density at radius 2 is 1.77 bits per heavy atom. The first-order chi connectivity index (χ1) is 14.5. The summed E-state index contributed by atoms with van der Waals surface area (Å²) in [7, 11) is -3.88. The van der Waals surface area contributed by atoms with Crippen molar-refractivity contribution in [1.82, 2.24) is 14.4 Å². The van der Waals surface area contributed by atoms with Crippen molar-refractivity contribution in [2.24, 2.45) is 5.10 Å². The van der Waals surface area contributed by atoms with Crippen LogP contribution in [0.3, 0.4) is 0 Å². The molecular formula is C22H18N4O3S. The van der Waals surface area contributed by atoms with Crippen LogP contribution < -0.4 is 0 Å². The highest BCUT2D eigenvalue weighted by Gasteiger charge is 2.39. The van der Waals surface area contributed by atoms with Crippen molar-refractivity contribution in [1.29, 1.82) is 0 Å². The second-order valence-electron chi connectivity index (χ2n) is 7.04. The van der Waals surface area contributed by atoms with Gasteiger partial charge in [-0.1, -0.05) is 30.3 Å². The Balaban J connectivity index is 1.67. The van der Waals surface area contributed by atoms with E-state index in [1.54, 1.807) is 42.7 Å². The molecule has 7 nitrogen and oxygen atoms in total. The first-order valence-corrected chi connectivity index (χ1v) is 10.9. The molecule has 2 aromatic heterocycles. The summed E-state index contributed by atoms with van der Waals surface area (Å²) in [5, 5.41) is 4.50. The highest BCUT2D eigenvalue weighted by molar-refractivity contribution is 7.89. The Morgan fingerprint density at radius 1 is 0.967 bits per heavy atom. The largest absolute Gasteiger partial charge is 0.460 e. The average Bonchev–Trinajstić information content (AvgIpc) is 3.41. The third kappa shape index (κ3) is 3.05. The van der Waals surface area contributed by atoms with E-state index in [0.717, 1.165) is 11.3 Å². The summed E-state index contributed by atoms with van der Waals surface area (Å²) in [6.45, 7) is 1.84. The molecule has 0 saturated heterocycles. The lowest BCUT2D eigenvalue weighted by Crippen LogP contribution is -2.27. The van der Waals surface area contributed by atoms with Gasteiger partial charge in [0, 0.05) is 24.4 Å². The van der Waals surface area contributed by atoms with Gasteiger partial charge >= 0.3 is 0 Å². The molecule has 0 amide bonds. The van der Waals surface area contributed by atoms with Crippen LogP contribution in [0.1, 0.15) is 29.5 Å². The van der Waals surface area contributed by atoms with Crippen molar-refractivity contribution >= 4 is 26.8 Å². The molecular weight excluding hydrogens is 400 g/mol. The number of nitrogens with zero attached hydrogens (tertiary/aromatic N) is 4. The number of aryl methyl sites for hydroxylation is 1. The van der Waals surface area contributed by atoms with Crippen LogP contribution in [-0.4, -0.2) is 28.5 Å². The van der Waals surface area contributed by atoms with Crippen molar-refractivity contribution in [3.63, 3.8) is 0 Å². The van der Waals surface area contributed by atoms with E-state index in [2.05, 4.69) is 15.1 Å². The molecule has 0 saturated carbocycles. The van der Waals surface area contributed by atoms with E-state index >= 15 is 0 Å². The minimum Gasteiger partial charge on any atom is -0.460 e. The molecule has 0 spiro atoms. The zero-order chi connectivity index (χ0) is 20.7. The zero-order valence-corrected chi connectivity index (χ0v) is 17.0. The van der Waals surface area contributed by atoms with Crippen LogP contribution in [0.2, 0.25) is 0 Å². The highest BCUT2D eigenvalue weighted by atomic mass is 32.2. The number of hydrogen-bond donors (Lipinski definition) is 0. The van der Waals surface area contributed by atoms with E-state index in [9.17, 15) is 8.42 Å². The fourth-order valence-corrected chi connectivity index (χ4v) is 5.11. The van der Waals surface area contributed by atoms with Gasteiger partial charge in [0.25, 0.3) is 10.0 Å². The van der Waals surface area contributed by atoms with E-state index < -0.39 is 16.1 Å². The second kappa shape index (κ2) is 7.07. The number of para-hydroxylation sites is 1. The Kier molecular flexibility index (Phi) is 4.36. The van der Waals surface area contributed by atoms with Gasteiger partial charge in [0.1, 0.15) is 17.2 Å². The van der Waals surface area contributed by atoms with Gasteiger partial charge < -0.3 is 4.42 Å². The first kappa shape index (κ1) is 18.5. The predicted octanol–water partition coefficient (Wildman–Crippen LogP) is 4.07. The Hall–Kier alpha value is -3.52. The number of furan rings is 1. The van der Waals surface area contributed by atoms with E-state index in [4.69, 9.17) is 4.42 Å². The lowest BCUT2D eigenvalue weighted by molar-refractivity contribution is 0.373. The van der Waals surface area contributed by atoms with Gasteiger partial charge in [-0.05, 0) is 37.3 Å². The molecule has 4 aromatic rings. The molecule has 2 aromatic carbocycles. The van der Waals surface area contributed by atoms with Gasteiger partial charge in [-0.25, -0.2) is 0 Å². The zero-order valence-electron chi connectivity index (χ0n) is 16.1. The predicted molar refractivity (Wildman–Crippen MR) is 112 cm³/mol. The van der Waals surface area contributed by atoms with Crippen LogP contribution in [0.25, 0.3) is 11.0 Å². The summed E-state index contributed by atoms with van der Waals surface area (Å²) < 4.78 is 33.9. The maximum absolute atomic E-state index is 13.5. The first-order valence-electron chi connectivity index (χ1n) is 9.47. The number of hydrazone groups is 1. The SMILES string of the molecule is Cc1ccc(C2=NN(S(=O)(=O)c3ccccc3)[C@H](c3cccc4nccnc34)C2)o1. The minimum atomic E-state index is -3.88. The van der Waals surface area contributed by atoms with Crippen LogP contribution in [0.15, 0.2) is 87.5 Å². The van der Waals surface area contributed by atoms with E-state index in [-0.39, 0.29) is 4.90 Å². The molecule has 0 aliphatic carbocycles. The lowest BCUT2D eigenvalue weighted by Gasteiger charge is -2.24. The number of hydrogen-bond acceptors (Lipinski definition) is 6. The van der Waals surface area contributed by atoms with E-state index in [0.29, 0.717) is 28.9 Å². The Labute approximate surface area is 173 Å². The van der Waals surface area contributed by atoms with E-state index in [1.807, 2.05) is 37.3 Å². The molecule has 0 bridgehead atoms. The molecule has 1 atom stereocenters. The Morgan fingerprint density at radius 3 is 2.53 bits per heavy atom. The third-order valence-corrected chi connectivity index (χ3v) is 6.77. The maximum atomic E-state index is 13.5. The summed E-state index contributed by atoms with van der Waals surface area (Å²) in [5.74, 6) is 1.30. The van der Waals surface area contributed by atoms with Gasteiger partial charge in [0.15, 0.2) is 0 Å². The molecule has 3 heterocycles. The number of rotatable bonds is 4. The maximum Gasteiger partial charge on any atom is 0.279 e. The van der Waals surface area contributed by atoms with Gasteiger partial charge in [-0.2, -0.15) is 17.9 Å². The number of fused-ring (bicyclic) bond motifs is 1.